The van der Waals surface area contributed by atoms with E-state index in [1.807, 2.05) is 36.4 Å². The molecule has 0 aliphatic carbocycles. The molecule has 1 atom stereocenters. The topological polar surface area (TPSA) is 69.6 Å². The molecule has 0 amide bonds. The Bertz CT molecular complexity index is 649. The van der Waals surface area contributed by atoms with Gasteiger partial charge in [0.2, 0.25) is 0 Å². The Kier molecular flexibility index (Phi) is 6.77. The van der Waals surface area contributed by atoms with Gasteiger partial charge in [-0.15, -0.1) is 23.4 Å². The Morgan fingerprint density at radius 3 is 2.52 bits per heavy atom. The van der Waals surface area contributed by atoms with Gasteiger partial charge in [-0.1, -0.05) is 24.3 Å². The summed E-state index contributed by atoms with van der Waals surface area (Å²) in [6.45, 7) is 0.406. The summed E-state index contributed by atoms with van der Waals surface area (Å²) >= 11 is 7.04. The molecule has 2 rings (SSSR count). The average Bonchev–Trinajstić information content (AvgIpc) is 2.58. The van der Waals surface area contributed by atoms with Crippen molar-refractivity contribution in [2.75, 3.05) is 17.7 Å². The average molecular weight is 352 g/mol. The van der Waals surface area contributed by atoms with Crippen LogP contribution in [0.25, 0.3) is 0 Å². The van der Waals surface area contributed by atoms with Crippen molar-refractivity contribution in [2.24, 2.45) is 0 Å². The highest BCUT2D eigenvalue weighted by Crippen LogP contribution is 2.26. The quantitative estimate of drug-likeness (QED) is 0.500. The van der Waals surface area contributed by atoms with Crippen LogP contribution in [-0.4, -0.2) is 34.7 Å². The molecule has 3 N–H and O–H groups in total. The van der Waals surface area contributed by atoms with Crippen LogP contribution in [0.2, 0.25) is 0 Å². The Hall–Kier alpha value is -1.69. The molecule has 122 valence electrons. The molecule has 1 unspecified atom stereocenters. The zero-order valence-electron chi connectivity index (χ0n) is 12.4. The number of rotatable bonds is 8. The van der Waals surface area contributed by atoms with Crippen molar-refractivity contribution in [3.8, 4) is 0 Å². The molecule has 6 heteroatoms. The first kappa shape index (κ1) is 17.7. The van der Waals surface area contributed by atoms with Gasteiger partial charge in [-0.25, -0.2) is 4.79 Å². The Morgan fingerprint density at radius 2 is 1.87 bits per heavy atom. The van der Waals surface area contributed by atoms with E-state index >= 15 is 0 Å². The zero-order chi connectivity index (χ0) is 16.7. The van der Waals surface area contributed by atoms with Crippen LogP contribution in [0.15, 0.2) is 53.4 Å². The fourth-order valence-electron chi connectivity index (χ4n) is 1.94. The first-order chi connectivity index (χ1) is 11.1. The zero-order valence-corrected chi connectivity index (χ0v) is 14.0. The van der Waals surface area contributed by atoms with Gasteiger partial charge in [0.05, 0.1) is 17.5 Å². The van der Waals surface area contributed by atoms with E-state index in [-0.39, 0.29) is 5.88 Å². The molecular weight excluding hydrogens is 334 g/mol. The Balaban J connectivity index is 1.93. The van der Waals surface area contributed by atoms with Gasteiger partial charge in [-0.2, -0.15) is 0 Å². The van der Waals surface area contributed by atoms with E-state index in [0.717, 1.165) is 16.1 Å². The van der Waals surface area contributed by atoms with Gasteiger partial charge in [0.1, 0.15) is 0 Å². The number of benzene rings is 2. The van der Waals surface area contributed by atoms with Crippen LogP contribution in [0.3, 0.4) is 0 Å². The fourth-order valence-corrected chi connectivity index (χ4v) is 3.05. The van der Waals surface area contributed by atoms with E-state index in [2.05, 4.69) is 5.32 Å². The van der Waals surface area contributed by atoms with Gasteiger partial charge in [-0.05, 0) is 29.8 Å². The lowest BCUT2D eigenvalue weighted by Crippen LogP contribution is -2.20. The smallest absolute Gasteiger partial charge is 0.336 e. The van der Waals surface area contributed by atoms with Crippen molar-refractivity contribution in [3.63, 3.8) is 0 Å². The second kappa shape index (κ2) is 8.82. The number of carboxylic acid groups (broad SMARTS) is 1. The number of thioether (sulfide) groups is 1. The highest BCUT2D eigenvalue weighted by molar-refractivity contribution is 7.98. The normalized spacial score (nSPS) is 11.9. The molecule has 0 bridgehead atoms. The highest BCUT2D eigenvalue weighted by Gasteiger charge is 2.09. The van der Waals surface area contributed by atoms with Crippen LogP contribution in [0, 0.1) is 0 Å². The number of aliphatic hydroxyl groups is 1. The van der Waals surface area contributed by atoms with E-state index in [0.29, 0.717) is 17.9 Å². The monoisotopic (exact) mass is 351 g/mol. The number of carboxylic acids is 1. The standard InChI is InChI=1S/C17H18ClNO3S/c18-9-14(20)10-19-13-7-5-12(6-8-13)11-23-16-4-2-1-3-15(16)17(21)22/h1-8,14,19-20H,9-11H2,(H,21,22). The number of carbonyl (C=O) groups is 1. The number of hydrogen-bond acceptors (Lipinski definition) is 4. The minimum atomic E-state index is -0.912. The maximum atomic E-state index is 11.2. The van der Waals surface area contributed by atoms with E-state index in [9.17, 15) is 15.0 Å². The largest absolute Gasteiger partial charge is 0.478 e. The highest BCUT2D eigenvalue weighted by atomic mass is 35.5. The maximum absolute atomic E-state index is 11.2. The molecule has 0 saturated carbocycles. The van der Waals surface area contributed by atoms with Crippen LogP contribution in [0.1, 0.15) is 15.9 Å². The lowest BCUT2D eigenvalue weighted by Gasteiger charge is -2.10. The molecule has 2 aromatic rings. The summed E-state index contributed by atoms with van der Waals surface area (Å²) < 4.78 is 0. The van der Waals surface area contributed by atoms with Crippen molar-refractivity contribution in [1.82, 2.24) is 0 Å². The Labute approximate surface area is 144 Å². The minimum Gasteiger partial charge on any atom is -0.478 e. The van der Waals surface area contributed by atoms with Crippen LogP contribution in [0.5, 0.6) is 0 Å². The van der Waals surface area contributed by atoms with E-state index in [1.165, 1.54) is 11.8 Å². The number of alkyl halides is 1. The first-order valence-electron chi connectivity index (χ1n) is 7.12. The molecule has 0 heterocycles. The minimum absolute atomic E-state index is 0.199. The van der Waals surface area contributed by atoms with Gasteiger partial charge in [-0.3, -0.25) is 0 Å². The summed E-state index contributed by atoms with van der Waals surface area (Å²) in [6.07, 6.45) is -0.570. The molecule has 0 spiro atoms. The molecule has 0 aliphatic heterocycles. The summed E-state index contributed by atoms with van der Waals surface area (Å²) in [4.78, 5) is 11.9. The first-order valence-corrected chi connectivity index (χ1v) is 8.64. The summed E-state index contributed by atoms with van der Waals surface area (Å²) in [5, 5.41) is 21.7. The van der Waals surface area contributed by atoms with E-state index < -0.39 is 12.1 Å². The molecule has 0 fully saturated rings. The van der Waals surface area contributed by atoms with Gasteiger partial charge >= 0.3 is 5.97 Å². The number of aliphatic hydroxyl groups excluding tert-OH is 1. The van der Waals surface area contributed by atoms with Crippen molar-refractivity contribution in [3.05, 3.63) is 59.7 Å². The lowest BCUT2D eigenvalue weighted by molar-refractivity contribution is 0.0693. The summed E-state index contributed by atoms with van der Waals surface area (Å²) in [5.41, 5.74) is 2.33. The number of hydrogen-bond donors (Lipinski definition) is 3. The second-order valence-corrected chi connectivity index (χ2v) is 6.30. The molecule has 0 radical (unpaired) electrons. The maximum Gasteiger partial charge on any atom is 0.336 e. The third-order valence-electron chi connectivity index (χ3n) is 3.19. The van der Waals surface area contributed by atoms with Crippen molar-refractivity contribution in [1.29, 1.82) is 0 Å². The third kappa shape index (κ3) is 5.46. The predicted molar refractivity (Wildman–Crippen MR) is 94.6 cm³/mol. The number of nitrogens with one attached hydrogen (secondary N) is 1. The summed E-state index contributed by atoms with van der Waals surface area (Å²) in [6, 6.07) is 14.8. The molecule has 2 aromatic carbocycles. The van der Waals surface area contributed by atoms with Crippen LogP contribution >= 0.6 is 23.4 Å². The number of halogens is 1. The molecule has 0 aliphatic rings. The summed E-state index contributed by atoms with van der Waals surface area (Å²) in [5.74, 6) is -0.0231. The van der Waals surface area contributed by atoms with Crippen molar-refractivity contribution < 1.29 is 15.0 Å². The van der Waals surface area contributed by atoms with Crippen LogP contribution < -0.4 is 5.32 Å². The predicted octanol–water partition coefficient (Wildman–Crippen LogP) is 3.69. The third-order valence-corrected chi connectivity index (χ3v) is 4.69. The molecular formula is C17H18ClNO3S. The van der Waals surface area contributed by atoms with Crippen LogP contribution in [0.4, 0.5) is 5.69 Å². The molecule has 0 aromatic heterocycles. The number of anilines is 1. The molecule has 4 nitrogen and oxygen atoms in total. The fraction of sp³-hybridized carbons (Fsp3) is 0.235. The van der Waals surface area contributed by atoms with Crippen LogP contribution in [-0.2, 0) is 5.75 Å². The van der Waals surface area contributed by atoms with Gasteiger partial charge in [0.15, 0.2) is 0 Å². The van der Waals surface area contributed by atoms with Crippen molar-refractivity contribution in [2.45, 2.75) is 16.8 Å². The van der Waals surface area contributed by atoms with Gasteiger partial charge in [0, 0.05) is 22.9 Å². The number of aromatic carboxylic acids is 1. The van der Waals surface area contributed by atoms with Gasteiger partial charge in [0.25, 0.3) is 0 Å². The molecule has 0 saturated heterocycles. The molecule has 23 heavy (non-hydrogen) atoms. The second-order valence-electron chi connectivity index (χ2n) is 4.98. The summed E-state index contributed by atoms with van der Waals surface area (Å²) in [7, 11) is 0. The van der Waals surface area contributed by atoms with Gasteiger partial charge < -0.3 is 15.5 Å². The SMILES string of the molecule is O=C(O)c1ccccc1SCc1ccc(NCC(O)CCl)cc1. The van der Waals surface area contributed by atoms with Crippen molar-refractivity contribution >= 4 is 35.0 Å². The Morgan fingerprint density at radius 1 is 1.17 bits per heavy atom. The lowest BCUT2D eigenvalue weighted by atomic mass is 10.2. The van der Waals surface area contributed by atoms with E-state index in [1.54, 1.807) is 12.1 Å². The van der Waals surface area contributed by atoms with E-state index in [4.69, 9.17) is 11.6 Å².